The van der Waals surface area contributed by atoms with E-state index in [4.69, 9.17) is 9.47 Å². The van der Waals surface area contributed by atoms with Crippen LogP contribution in [0.5, 0.6) is 11.5 Å². The van der Waals surface area contributed by atoms with Crippen molar-refractivity contribution in [3.63, 3.8) is 0 Å². The molecule has 0 N–H and O–H groups in total. The van der Waals surface area contributed by atoms with Crippen molar-refractivity contribution in [2.45, 2.75) is 52.4 Å². The van der Waals surface area contributed by atoms with Gasteiger partial charge in [-0.2, -0.15) is 0 Å². The van der Waals surface area contributed by atoms with Crippen molar-refractivity contribution in [1.29, 1.82) is 0 Å². The third-order valence-electron chi connectivity index (χ3n) is 3.58. The average molecular weight is 293 g/mol. The molecule has 0 radical (unpaired) electrons. The third-order valence-corrected chi connectivity index (χ3v) is 3.58. The van der Waals surface area contributed by atoms with E-state index in [9.17, 15) is 10.1 Å². The van der Waals surface area contributed by atoms with Gasteiger partial charge in [0.15, 0.2) is 5.75 Å². The molecule has 0 aliphatic carbocycles. The van der Waals surface area contributed by atoms with Gasteiger partial charge in [0.05, 0.1) is 4.92 Å². The van der Waals surface area contributed by atoms with Gasteiger partial charge in [-0.1, -0.05) is 41.5 Å². The maximum absolute atomic E-state index is 11.6. The number of benzene rings is 1. The van der Waals surface area contributed by atoms with E-state index < -0.39 is 0 Å². The minimum absolute atomic E-state index is 0.0326. The number of rotatable bonds is 1. The third kappa shape index (κ3) is 2.82. The molecule has 5 nitrogen and oxygen atoms in total. The van der Waals surface area contributed by atoms with Crippen molar-refractivity contribution in [2.24, 2.45) is 0 Å². The van der Waals surface area contributed by atoms with Crippen LogP contribution in [0.15, 0.2) is 6.07 Å². The molecular formula is C16H23NO4. The molecule has 21 heavy (non-hydrogen) atoms. The maximum Gasteiger partial charge on any atom is 0.318 e. The highest BCUT2D eigenvalue weighted by molar-refractivity contribution is 5.67. The predicted octanol–water partition coefficient (Wildman–Crippen LogP) is 3.96. The van der Waals surface area contributed by atoms with Crippen molar-refractivity contribution >= 4 is 5.69 Å². The van der Waals surface area contributed by atoms with Crippen LogP contribution in [-0.4, -0.2) is 18.1 Å². The predicted molar refractivity (Wildman–Crippen MR) is 81.5 cm³/mol. The molecule has 0 saturated heterocycles. The van der Waals surface area contributed by atoms with Gasteiger partial charge in [-0.05, 0) is 16.9 Å². The summed E-state index contributed by atoms with van der Waals surface area (Å²) in [6, 6.07) is 1.91. The number of fused-ring (bicyclic) bond motifs is 1. The number of nitrogens with zero attached hydrogens (tertiary/aromatic N) is 1. The lowest BCUT2D eigenvalue weighted by Gasteiger charge is -2.30. The second-order valence-corrected chi connectivity index (χ2v) is 7.43. The van der Waals surface area contributed by atoms with Gasteiger partial charge in [0.1, 0.15) is 13.2 Å². The van der Waals surface area contributed by atoms with E-state index in [0.29, 0.717) is 24.5 Å². The summed E-state index contributed by atoms with van der Waals surface area (Å²) in [6.07, 6.45) is 0. The molecule has 116 valence electrons. The van der Waals surface area contributed by atoms with Gasteiger partial charge in [-0.3, -0.25) is 10.1 Å². The fourth-order valence-electron chi connectivity index (χ4n) is 2.51. The van der Waals surface area contributed by atoms with E-state index >= 15 is 0 Å². The molecule has 1 aliphatic heterocycles. The fourth-order valence-corrected chi connectivity index (χ4v) is 2.51. The smallest absolute Gasteiger partial charge is 0.318 e. The van der Waals surface area contributed by atoms with Crippen molar-refractivity contribution in [1.82, 2.24) is 0 Å². The Balaban J connectivity index is 2.86. The number of hydrogen-bond acceptors (Lipinski definition) is 4. The Hall–Kier alpha value is -1.78. The minimum atomic E-state index is -0.361. The molecule has 0 spiro atoms. The van der Waals surface area contributed by atoms with Gasteiger partial charge in [0.2, 0.25) is 5.75 Å². The quantitative estimate of drug-likeness (QED) is 0.581. The number of hydrogen-bond donors (Lipinski definition) is 0. The molecule has 0 fully saturated rings. The SMILES string of the molecule is CC(C)(C)c1cc(C(C)(C)C)c([N+](=O)[O-])c2c1OCCO2. The molecule has 0 saturated carbocycles. The second-order valence-electron chi connectivity index (χ2n) is 7.43. The average Bonchev–Trinajstić information content (AvgIpc) is 2.34. The van der Waals surface area contributed by atoms with Gasteiger partial charge in [0, 0.05) is 11.1 Å². The van der Waals surface area contributed by atoms with Gasteiger partial charge < -0.3 is 9.47 Å². The Morgan fingerprint density at radius 3 is 1.86 bits per heavy atom. The zero-order valence-electron chi connectivity index (χ0n) is 13.6. The van der Waals surface area contributed by atoms with Gasteiger partial charge in [-0.15, -0.1) is 0 Å². The van der Waals surface area contributed by atoms with Crippen LogP contribution in [0.3, 0.4) is 0 Å². The molecule has 1 aromatic rings. The summed E-state index contributed by atoms with van der Waals surface area (Å²) in [5.41, 5.74) is 1.14. The molecule has 5 heteroatoms. The second kappa shape index (κ2) is 4.90. The van der Waals surface area contributed by atoms with E-state index in [-0.39, 0.29) is 27.2 Å². The first kappa shape index (κ1) is 15.6. The molecule has 0 bridgehead atoms. The molecule has 0 atom stereocenters. The van der Waals surface area contributed by atoms with E-state index in [1.165, 1.54) is 0 Å². The zero-order valence-corrected chi connectivity index (χ0v) is 13.6. The number of nitro benzene ring substituents is 1. The summed E-state index contributed by atoms with van der Waals surface area (Å²) in [7, 11) is 0. The lowest BCUT2D eigenvalue weighted by atomic mass is 9.79. The van der Waals surface area contributed by atoms with Crippen LogP contribution < -0.4 is 9.47 Å². The van der Waals surface area contributed by atoms with Crippen LogP contribution in [0.25, 0.3) is 0 Å². The molecule has 0 amide bonds. The molecule has 1 aromatic carbocycles. The summed E-state index contributed by atoms with van der Waals surface area (Å²) in [6.45, 7) is 12.9. The highest BCUT2D eigenvalue weighted by atomic mass is 16.6. The van der Waals surface area contributed by atoms with Gasteiger partial charge in [-0.25, -0.2) is 0 Å². The van der Waals surface area contributed by atoms with Crippen LogP contribution in [0.1, 0.15) is 52.7 Å². The topological polar surface area (TPSA) is 61.6 Å². The van der Waals surface area contributed by atoms with Crippen molar-refractivity contribution in [2.75, 3.05) is 13.2 Å². The lowest BCUT2D eigenvalue weighted by molar-refractivity contribution is -0.387. The van der Waals surface area contributed by atoms with Crippen LogP contribution >= 0.6 is 0 Å². The zero-order chi connectivity index (χ0) is 16.0. The Morgan fingerprint density at radius 2 is 1.43 bits per heavy atom. The Kier molecular flexibility index (Phi) is 3.64. The minimum Gasteiger partial charge on any atom is -0.486 e. The standard InChI is InChI=1S/C16H23NO4/c1-15(2,3)10-9-11(16(4,5)6)13-14(12(10)17(18)19)21-8-7-20-13/h9H,7-8H2,1-6H3. The lowest BCUT2D eigenvalue weighted by Crippen LogP contribution is -2.24. The summed E-state index contributed by atoms with van der Waals surface area (Å²) in [5.74, 6) is 0.803. The van der Waals surface area contributed by atoms with Crippen LogP contribution in [0, 0.1) is 10.1 Å². The molecule has 0 unspecified atom stereocenters. The summed E-state index contributed by atoms with van der Waals surface area (Å²) in [5, 5.41) is 11.6. The molecule has 0 aromatic heterocycles. The first-order valence-electron chi connectivity index (χ1n) is 7.15. The number of nitro groups is 1. The molecule has 1 aliphatic rings. The van der Waals surface area contributed by atoms with Crippen LogP contribution in [0.4, 0.5) is 5.69 Å². The molecule has 2 rings (SSSR count). The Bertz CT molecular complexity index is 579. The summed E-state index contributed by atoms with van der Waals surface area (Å²) < 4.78 is 11.3. The van der Waals surface area contributed by atoms with E-state index in [1.807, 2.05) is 26.8 Å². The Morgan fingerprint density at radius 1 is 0.952 bits per heavy atom. The summed E-state index contributed by atoms with van der Waals surface area (Å²) in [4.78, 5) is 11.2. The first-order chi connectivity index (χ1) is 9.53. The monoisotopic (exact) mass is 293 g/mol. The summed E-state index contributed by atoms with van der Waals surface area (Å²) >= 11 is 0. The van der Waals surface area contributed by atoms with E-state index in [1.54, 1.807) is 0 Å². The van der Waals surface area contributed by atoms with Crippen molar-refractivity contribution in [3.8, 4) is 11.5 Å². The van der Waals surface area contributed by atoms with E-state index in [2.05, 4.69) is 20.8 Å². The van der Waals surface area contributed by atoms with Gasteiger partial charge in [0.25, 0.3) is 0 Å². The first-order valence-corrected chi connectivity index (χ1v) is 7.15. The number of ether oxygens (including phenoxy) is 2. The van der Waals surface area contributed by atoms with Crippen LogP contribution in [-0.2, 0) is 10.8 Å². The van der Waals surface area contributed by atoms with Gasteiger partial charge >= 0.3 is 5.69 Å². The van der Waals surface area contributed by atoms with Crippen molar-refractivity contribution < 1.29 is 14.4 Å². The molecule has 1 heterocycles. The largest absolute Gasteiger partial charge is 0.486 e. The fraction of sp³-hybridized carbons (Fsp3) is 0.625. The van der Waals surface area contributed by atoms with Crippen LogP contribution in [0.2, 0.25) is 0 Å². The highest BCUT2D eigenvalue weighted by Gasteiger charge is 2.37. The van der Waals surface area contributed by atoms with E-state index in [0.717, 1.165) is 5.56 Å². The van der Waals surface area contributed by atoms with Crippen molar-refractivity contribution in [3.05, 3.63) is 27.3 Å². The maximum atomic E-state index is 11.6. The molecular weight excluding hydrogens is 270 g/mol. The highest BCUT2D eigenvalue weighted by Crippen LogP contribution is 2.50. The normalized spacial score (nSPS) is 15.0. The Labute approximate surface area is 125 Å².